The van der Waals surface area contributed by atoms with Gasteiger partial charge in [-0.15, -0.1) is 12.6 Å². The van der Waals surface area contributed by atoms with Gasteiger partial charge >= 0.3 is 0 Å². The standard InChI is InChI=1S/C8H10N4S/c1-4-5(2)11-8-6(13)3-10-12(8)7(4)9/h3,13H,9H2,1-2H3. The van der Waals surface area contributed by atoms with Crippen LogP contribution in [-0.2, 0) is 0 Å². The number of hydrogen-bond donors (Lipinski definition) is 2. The molecule has 0 bridgehead atoms. The van der Waals surface area contributed by atoms with Crippen molar-refractivity contribution in [1.29, 1.82) is 0 Å². The predicted molar refractivity (Wildman–Crippen MR) is 54.1 cm³/mol. The van der Waals surface area contributed by atoms with Crippen molar-refractivity contribution in [3.63, 3.8) is 0 Å². The minimum Gasteiger partial charge on any atom is -0.383 e. The second kappa shape index (κ2) is 2.63. The van der Waals surface area contributed by atoms with Gasteiger partial charge < -0.3 is 5.73 Å². The molecule has 0 spiro atoms. The van der Waals surface area contributed by atoms with Crippen LogP contribution >= 0.6 is 12.6 Å². The van der Waals surface area contributed by atoms with Crippen molar-refractivity contribution in [3.05, 3.63) is 17.5 Å². The first-order valence-corrected chi connectivity index (χ1v) is 4.35. The highest BCUT2D eigenvalue weighted by molar-refractivity contribution is 7.80. The lowest BCUT2D eigenvalue weighted by atomic mass is 10.2. The number of nitrogens with zero attached hydrogens (tertiary/aromatic N) is 3. The first-order chi connectivity index (χ1) is 6.11. The molecule has 0 aliphatic carbocycles. The molecular weight excluding hydrogens is 184 g/mol. The zero-order chi connectivity index (χ0) is 9.59. The molecule has 0 saturated heterocycles. The fourth-order valence-corrected chi connectivity index (χ4v) is 1.40. The number of anilines is 1. The zero-order valence-electron chi connectivity index (χ0n) is 7.44. The minimum atomic E-state index is 0.628. The monoisotopic (exact) mass is 194 g/mol. The average Bonchev–Trinajstić information content (AvgIpc) is 2.45. The third-order valence-corrected chi connectivity index (χ3v) is 2.47. The Hall–Kier alpha value is -1.23. The molecule has 0 radical (unpaired) electrons. The van der Waals surface area contributed by atoms with Crippen molar-refractivity contribution in [2.24, 2.45) is 0 Å². The van der Waals surface area contributed by atoms with Crippen LogP contribution in [0.3, 0.4) is 0 Å². The van der Waals surface area contributed by atoms with Crippen molar-refractivity contribution in [2.45, 2.75) is 18.7 Å². The Morgan fingerprint density at radius 2 is 2.15 bits per heavy atom. The van der Waals surface area contributed by atoms with E-state index in [0.717, 1.165) is 16.2 Å². The van der Waals surface area contributed by atoms with E-state index in [1.165, 1.54) is 0 Å². The number of rotatable bonds is 0. The van der Waals surface area contributed by atoms with E-state index in [9.17, 15) is 0 Å². The zero-order valence-corrected chi connectivity index (χ0v) is 8.34. The van der Waals surface area contributed by atoms with E-state index < -0.39 is 0 Å². The Morgan fingerprint density at radius 1 is 1.46 bits per heavy atom. The molecule has 5 heteroatoms. The number of hydrogen-bond acceptors (Lipinski definition) is 4. The molecule has 0 fully saturated rings. The predicted octanol–water partition coefficient (Wildman–Crippen LogP) is 1.22. The topological polar surface area (TPSA) is 56.2 Å². The van der Waals surface area contributed by atoms with E-state index in [-0.39, 0.29) is 0 Å². The lowest BCUT2D eigenvalue weighted by Crippen LogP contribution is -2.05. The highest BCUT2D eigenvalue weighted by Crippen LogP contribution is 2.19. The van der Waals surface area contributed by atoms with Gasteiger partial charge in [0, 0.05) is 11.3 Å². The fourth-order valence-electron chi connectivity index (χ4n) is 1.20. The normalized spacial score (nSPS) is 11.0. The number of aryl methyl sites for hydroxylation is 1. The van der Waals surface area contributed by atoms with Crippen LogP contribution in [0, 0.1) is 13.8 Å². The first kappa shape index (κ1) is 8.37. The Morgan fingerprint density at radius 3 is 2.85 bits per heavy atom. The first-order valence-electron chi connectivity index (χ1n) is 3.90. The lowest BCUT2D eigenvalue weighted by Gasteiger charge is -2.05. The van der Waals surface area contributed by atoms with Gasteiger partial charge in [-0.3, -0.25) is 0 Å². The summed E-state index contributed by atoms with van der Waals surface area (Å²) in [5.74, 6) is 0.628. The van der Waals surface area contributed by atoms with Crippen molar-refractivity contribution in [3.8, 4) is 0 Å². The van der Waals surface area contributed by atoms with E-state index in [2.05, 4.69) is 22.7 Å². The maximum Gasteiger partial charge on any atom is 0.171 e. The van der Waals surface area contributed by atoms with Gasteiger partial charge in [0.15, 0.2) is 5.65 Å². The maximum absolute atomic E-state index is 5.86. The van der Waals surface area contributed by atoms with Crippen LogP contribution in [0.25, 0.3) is 5.65 Å². The van der Waals surface area contributed by atoms with E-state index in [1.54, 1.807) is 10.7 Å². The van der Waals surface area contributed by atoms with Crippen LogP contribution in [0.1, 0.15) is 11.3 Å². The molecule has 13 heavy (non-hydrogen) atoms. The van der Waals surface area contributed by atoms with Crippen LogP contribution in [0.15, 0.2) is 11.1 Å². The van der Waals surface area contributed by atoms with Gasteiger partial charge in [-0.05, 0) is 13.8 Å². The second-order valence-electron chi connectivity index (χ2n) is 2.97. The van der Waals surface area contributed by atoms with Gasteiger partial charge in [0.1, 0.15) is 5.82 Å². The molecule has 0 amide bonds. The Kier molecular flexibility index (Phi) is 1.69. The number of nitrogen functional groups attached to an aromatic ring is 1. The van der Waals surface area contributed by atoms with Crippen molar-refractivity contribution in [2.75, 3.05) is 5.73 Å². The third kappa shape index (κ3) is 1.07. The molecule has 2 N–H and O–H groups in total. The summed E-state index contributed by atoms with van der Waals surface area (Å²) in [6, 6.07) is 0. The van der Waals surface area contributed by atoms with Gasteiger partial charge in [0.2, 0.25) is 0 Å². The lowest BCUT2D eigenvalue weighted by molar-refractivity contribution is 0.929. The molecule has 68 valence electrons. The SMILES string of the molecule is Cc1nc2c(S)cnn2c(N)c1C. The van der Waals surface area contributed by atoms with Crippen LogP contribution in [0.4, 0.5) is 5.82 Å². The number of fused-ring (bicyclic) bond motifs is 1. The third-order valence-electron chi connectivity index (χ3n) is 2.15. The highest BCUT2D eigenvalue weighted by Gasteiger charge is 2.08. The summed E-state index contributed by atoms with van der Waals surface area (Å²) in [4.78, 5) is 5.08. The fraction of sp³-hybridized carbons (Fsp3) is 0.250. The molecule has 2 aromatic heterocycles. The van der Waals surface area contributed by atoms with Gasteiger partial charge in [0.05, 0.1) is 11.1 Å². The van der Waals surface area contributed by atoms with E-state index in [1.807, 2.05) is 13.8 Å². The summed E-state index contributed by atoms with van der Waals surface area (Å²) < 4.78 is 1.60. The summed E-state index contributed by atoms with van der Waals surface area (Å²) in [6.07, 6.45) is 1.64. The van der Waals surface area contributed by atoms with Crippen LogP contribution < -0.4 is 5.73 Å². The molecule has 0 saturated carbocycles. The minimum absolute atomic E-state index is 0.628. The summed E-state index contributed by atoms with van der Waals surface area (Å²) in [5, 5.41) is 4.07. The number of nitrogens with two attached hydrogens (primary N) is 1. The Balaban J connectivity index is 2.96. The van der Waals surface area contributed by atoms with E-state index in [4.69, 9.17) is 5.73 Å². The van der Waals surface area contributed by atoms with Gasteiger partial charge in [-0.25, -0.2) is 4.98 Å². The maximum atomic E-state index is 5.86. The second-order valence-corrected chi connectivity index (χ2v) is 3.45. The molecule has 2 heterocycles. The Bertz CT molecular complexity index is 474. The van der Waals surface area contributed by atoms with Crippen LogP contribution in [-0.4, -0.2) is 14.6 Å². The Labute approximate surface area is 81.2 Å². The molecule has 2 rings (SSSR count). The number of thiol groups is 1. The molecule has 4 nitrogen and oxygen atoms in total. The summed E-state index contributed by atoms with van der Waals surface area (Å²) in [7, 11) is 0. The molecule has 0 unspecified atom stereocenters. The summed E-state index contributed by atoms with van der Waals surface area (Å²) in [5.41, 5.74) is 8.45. The molecule has 0 aliphatic rings. The van der Waals surface area contributed by atoms with Gasteiger partial charge in [0.25, 0.3) is 0 Å². The molecular formula is C8H10N4S. The van der Waals surface area contributed by atoms with Gasteiger partial charge in [-0.2, -0.15) is 9.61 Å². The van der Waals surface area contributed by atoms with Crippen LogP contribution in [0.5, 0.6) is 0 Å². The van der Waals surface area contributed by atoms with E-state index >= 15 is 0 Å². The smallest absolute Gasteiger partial charge is 0.171 e. The summed E-state index contributed by atoms with van der Waals surface area (Å²) in [6.45, 7) is 3.85. The molecule has 0 atom stereocenters. The van der Waals surface area contributed by atoms with Crippen molar-refractivity contribution >= 4 is 24.1 Å². The van der Waals surface area contributed by atoms with Crippen molar-refractivity contribution < 1.29 is 0 Å². The van der Waals surface area contributed by atoms with Crippen LogP contribution in [0.2, 0.25) is 0 Å². The largest absolute Gasteiger partial charge is 0.383 e. The molecule has 2 aromatic rings. The highest BCUT2D eigenvalue weighted by atomic mass is 32.1. The quantitative estimate of drug-likeness (QED) is 0.620. The average molecular weight is 194 g/mol. The summed E-state index contributed by atoms with van der Waals surface area (Å²) >= 11 is 4.23. The van der Waals surface area contributed by atoms with Gasteiger partial charge in [-0.1, -0.05) is 0 Å². The van der Waals surface area contributed by atoms with E-state index in [0.29, 0.717) is 11.5 Å². The molecule has 0 aliphatic heterocycles. The number of aromatic nitrogens is 3. The molecule has 0 aromatic carbocycles. The van der Waals surface area contributed by atoms with Crippen molar-refractivity contribution in [1.82, 2.24) is 14.6 Å².